The van der Waals surface area contributed by atoms with E-state index in [1.807, 2.05) is 6.20 Å². The van der Waals surface area contributed by atoms with E-state index in [-0.39, 0.29) is 12.0 Å². The second-order valence-corrected chi connectivity index (χ2v) is 8.52. The highest BCUT2D eigenvalue weighted by molar-refractivity contribution is 5.79. The van der Waals surface area contributed by atoms with Gasteiger partial charge in [-0.2, -0.15) is 0 Å². The number of anilines is 1. The van der Waals surface area contributed by atoms with Crippen LogP contribution in [0.15, 0.2) is 23.3 Å². The maximum absolute atomic E-state index is 9.40. The van der Waals surface area contributed by atoms with Crippen LogP contribution in [0.3, 0.4) is 0 Å². The number of ether oxygens (including phenoxy) is 1. The number of piperidine rings is 1. The fraction of sp³-hybridized carbons (Fsp3) is 0.727. The summed E-state index contributed by atoms with van der Waals surface area (Å²) < 4.78 is 5.58. The Bertz CT molecular complexity index is 635. The average Bonchev–Trinajstić information content (AvgIpc) is 3.20. The molecule has 162 valence electrons. The predicted octanol–water partition coefficient (Wildman–Crippen LogP) is 2.16. The van der Waals surface area contributed by atoms with E-state index in [9.17, 15) is 5.11 Å². The summed E-state index contributed by atoms with van der Waals surface area (Å²) in [5.41, 5.74) is 1.10. The molecule has 0 spiro atoms. The molecule has 3 rings (SSSR count). The molecule has 2 saturated heterocycles. The van der Waals surface area contributed by atoms with Crippen LogP contribution < -0.4 is 15.5 Å². The second-order valence-electron chi connectivity index (χ2n) is 8.52. The van der Waals surface area contributed by atoms with E-state index in [0.29, 0.717) is 13.2 Å². The van der Waals surface area contributed by atoms with Crippen LogP contribution in [0, 0.1) is 11.3 Å². The maximum Gasteiger partial charge on any atom is 0.191 e. The van der Waals surface area contributed by atoms with E-state index < -0.39 is 0 Å². The number of aliphatic imine (C=N–C) groups is 1. The average molecular weight is 404 g/mol. The highest BCUT2D eigenvalue weighted by Crippen LogP contribution is 2.31. The number of hydrogen-bond donors (Lipinski definition) is 3. The van der Waals surface area contributed by atoms with Crippen LogP contribution >= 0.6 is 0 Å². The molecule has 2 fully saturated rings. The number of aliphatic hydroxyl groups excluding tert-OH is 1. The van der Waals surface area contributed by atoms with Crippen LogP contribution in [0.25, 0.3) is 0 Å². The zero-order chi connectivity index (χ0) is 20.5. The van der Waals surface area contributed by atoms with Crippen LogP contribution in [0.2, 0.25) is 0 Å². The molecule has 0 radical (unpaired) electrons. The SMILES string of the molecule is CCNC(=NCc1ccc(N2CCC(C)CC2)nc1)NCC1(CCO)CCOC1. The van der Waals surface area contributed by atoms with Gasteiger partial charge in [0.15, 0.2) is 5.96 Å². The van der Waals surface area contributed by atoms with Crippen LogP contribution in [-0.4, -0.2) is 62.0 Å². The topological polar surface area (TPSA) is 82.0 Å². The smallest absolute Gasteiger partial charge is 0.191 e. The van der Waals surface area contributed by atoms with E-state index in [0.717, 1.165) is 68.9 Å². The number of nitrogens with one attached hydrogen (secondary N) is 2. The minimum Gasteiger partial charge on any atom is -0.396 e. The van der Waals surface area contributed by atoms with Crippen LogP contribution in [0.1, 0.15) is 45.1 Å². The van der Waals surface area contributed by atoms with E-state index in [1.54, 1.807) is 0 Å². The first kappa shape index (κ1) is 21.8. The zero-order valence-electron chi connectivity index (χ0n) is 18.0. The molecule has 0 bridgehead atoms. The predicted molar refractivity (Wildman–Crippen MR) is 117 cm³/mol. The van der Waals surface area contributed by atoms with E-state index in [2.05, 4.69) is 46.5 Å². The largest absolute Gasteiger partial charge is 0.396 e. The van der Waals surface area contributed by atoms with Gasteiger partial charge in [0.1, 0.15) is 5.82 Å². The molecule has 1 atom stereocenters. The summed E-state index contributed by atoms with van der Waals surface area (Å²) in [5.74, 6) is 2.69. The first-order chi connectivity index (χ1) is 14.1. The summed E-state index contributed by atoms with van der Waals surface area (Å²) in [7, 11) is 0. The van der Waals surface area contributed by atoms with Gasteiger partial charge in [0.2, 0.25) is 0 Å². The molecule has 1 aromatic heterocycles. The van der Waals surface area contributed by atoms with Crippen molar-refractivity contribution in [1.29, 1.82) is 0 Å². The third kappa shape index (κ3) is 6.31. The van der Waals surface area contributed by atoms with Crippen molar-refractivity contribution in [2.75, 3.05) is 50.9 Å². The van der Waals surface area contributed by atoms with Crippen molar-refractivity contribution in [3.05, 3.63) is 23.9 Å². The van der Waals surface area contributed by atoms with Crippen molar-refractivity contribution in [2.45, 2.75) is 46.1 Å². The molecular weight excluding hydrogens is 366 g/mol. The lowest BCUT2D eigenvalue weighted by atomic mass is 9.84. The van der Waals surface area contributed by atoms with Gasteiger partial charge in [-0.25, -0.2) is 9.98 Å². The normalized spacial score (nSPS) is 23.4. The van der Waals surface area contributed by atoms with E-state index >= 15 is 0 Å². The molecule has 3 N–H and O–H groups in total. The third-order valence-corrected chi connectivity index (χ3v) is 6.14. The number of hydrogen-bond acceptors (Lipinski definition) is 5. The van der Waals surface area contributed by atoms with Gasteiger partial charge >= 0.3 is 0 Å². The lowest BCUT2D eigenvalue weighted by Gasteiger charge is -2.31. The summed E-state index contributed by atoms with van der Waals surface area (Å²) in [4.78, 5) is 11.8. The highest BCUT2D eigenvalue weighted by atomic mass is 16.5. The standard InChI is InChI=1S/C22H37N5O2/c1-3-23-21(26-16-22(8-12-28)9-13-29-17-22)25-15-19-4-5-20(24-14-19)27-10-6-18(2)7-11-27/h4-5,14,18,28H,3,6-13,15-17H2,1-2H3,(H2,23,25,26). The number of aromatic nitrogens is 1. The Balaban J connectivity index is 1.55. The van der Waals surface area contributed by atoms with Crippen LogP contribution in [-0.2, 0) is 11.3 Å². The molecule has 0 aliphatic carbocycles. The minimum absolute atomic E-state index is 0.0000845. The van der Waals surface area contributed by atoms with Gasteiger partial charge in [0, 0.05) is 51.0 Å². The van der Waals surface area contributed by atoms with Crippen molar-refractivity contribution < 1.29 is 9.84 Å². The molecule has 1 unspecified atom stereocenters. The fourth-order valence-corrected chi connectivity index (χ4v) is 4.03. The number of rotatable bonds is 8. The molecule has 2 aliphatic heterocycles. The van der Waals surface area contributed by atoms with E-state index in [4.69, 9.17) is 9.73 Å². The van der Waals surface area contributed by atoms with Crippen molar-refractivity contribution in [1.82, 2.24) is 15.6 Å². The Morgan fingerprint density at radius 3 is 2.79 bits per heavy atom. The van der Waals surface area contributed by atoms with Crippen molar-refractivity contribution >= 4 is 11.8 Å². The van der Waals surface area contributed by atoms with Gasteiger partial charge in [-0.3, -0.25) is 0 Å². The first-order valence-corrected chi connectivity index (χ1v) is 11.0. The van der Waals surface area contributed by atoms with Crippen molar-refractivity contribution in [3.63, 3.8) is 0 Å². The van der Waals surface area contributed by atoms with Crippen molar-refractivity contribution in [2.24, 2.45) is 16.3 Å². The van der Waals surface area contributed by atoms with Gasteiger partial charge in [0.25, 0.3) is 0 Å². The van der Waals surface area contributed by atoms with Gasteiger partial charge in [-0.05, 0) is 50.2 Å². The molecule has 29 heavy (non-hydrogen) atoms. The Morgan fingerprint density at radius 1 is 1.34 bits per heavy atom. The molecule has 7 nitrogen and oxygen atoms in total. The monoisotopic (exact) mass is 403 g/mol. The molecule has 7 heteroatoms. The summed E-state index contributed by atoms with van der Waals surface area (Å²) >= 11 is 0. The summed E-state index contributed by atoms with van der Waals surface area (Å²) in [5, 5.41) is 16.2. The number of aliphatic hydroxyl groups is 1. The zero-order valence-corrected chi connectivity index (χ0v) is 18.0. The van der Waals surface area contributed by atoms with Crippen LogP contribution in [0.5, 0.6) is 0 Å². The van der Waals surface area contributed by atoms with Gasteiger partial charge in [-0.15, -0.1) is 0 Å². The lowest BCUT2D eigenvalue weighted by molar-refractivity contribution is 0.127. The Labute approximate surface area is 175 Å². The van der Waals surface area contributed by atoms with E-state index in [1.165, 1.54) is 12.8 Å². The molecule has 0 amide bonds. The summed E-state index contributed by atoms with van der Waals surface area (Å²) in [6, 6.07) is 4.25. The maximum atomic E-state index is 9.40. The molecule has 3 heterocycles. The summed E-state index contributed by atoms with van der Waals surface area (Å²) in [6.07, 6.45) is 6.15. The molecule has 0 saturated carbocycles. The quantitative estimate of drug-likeness (QED) is 0.456. The lowest BCUT2D eigenvalue weighted by Crippen LogP contribution is -2.44. The van der Waals surface area contributed by atoms with Crippen molar-refractivity contribution in [3.8, 4) is 0 Å². The van der Waals surface area contributed by atoms with Gasteiger partial charge in [-0.1, -0.05) is 13.0 Å². The first-order valence-electron chi connectivity index (χ1n) is 11.0. The molecular formula is C22H37N5O2. The Morgan fingerprint density at radius 2 is 2.17 bits per heavy atom. The fourth-order valence-electron chi connectivity index (χ4n) is 4.03. The van der Waals surface area contributed by atoms with Crippen LogP contribution in [0.4, 0.5) is 5.82 Å². The molecule has 2 aliphatic rings. The number of nitrogens with zero attached hydrogens (tertiary/aromatic N) is 3. The molecule has 1 aromatic rings. The van der Waals surface area contributed by atoms with Gasteiger partial charge < -0.3 is 25.4 Å². The number of guanidine groups is 1. The molecule has 0 aromatic carbocycles. The number of pyridine rings is 1. The summed E-state index contributed by atoms with van der Waals surface area (Å²) in [6.45, 7) is 10.4. The Kier molecular flexibility index (Phi) is 8.12. The Hall–Kier alpha value is -1.86. The van der Waals surface area contributed by atoms with Gasteiger partial charge in [0.05, 0.1) is 13.2 Å². The minimum atomic E-state index is 0.0000845. The highest BCUT2D eigenvalue weighted by Gasteiger charge is 2.34. The second kappa shape index (κ2) is 10.8. The third-order valence-electron chi connectivity index (χ3n) is 6.14.